The maximum absolute atomic E-state index is 13.6. The molecule has 0 aliphatic rings. The maximum Gasteiger partial charge on any atom is 0.399 e. The number of carbonyl (C=O) groups excluding carboxylic acids is 2. The van der Waals surface area contributed by atoms with Crippen LogP contribution in [0, 0.1) is 0 Å². The Morgan fingerprint density at radius 1 is 1.03 bits per heavy atom. The van der Waals surface area contributed by atoms with E-state index in [9.17, 15) is 22.8 Å². The molecule has 10 heteroatoms. The van der Waals surface area contributed by atoms with Crippen LogP contribution in [-0.2, 0) is 0 Å². The molecule has 0 radical (unpaired) electrons. The summed E-state index contributed by atoms with van der Waals surface area (Å²) in [6, 6.07) is 7.75. The standard InChI is InChI=1S/C21H18Cl3F3N2O2/c1-2-28-20(31)29-11-18(30)13-6-3-12(4-7-13)5-8-15(21(25,26)27)14-9-16(22)19(24)17(23)10-14/h3-10,15H,2,11H2,1H3,(H2,28,29,31)/b8-5+. The number of halogens is 6. The first-order chi connectivity index (χ1) is 14.5. The summed E-state index contributed by atoms with van der Waals surface area (Å²) in [6.07, 6.45) is -2.32. The van der Waals surface area contributed by atoms with Gasteiger partial charge in [0.25, 0.3) is 0 Å². The number of hydrogen-bond donors (Lipinski definition) is 2. The van der Waals surface area contributed by atoms with E-state index in [4.69, 9.17) is 34.8 Å². The van der Waals surface area contributed by atoms with Crippen LogP contribution in [-0.4, -0.2) is 31.1 Å². The van der Waals surface area contributed by atoms with Crippen molar-refractivity contribution in [3.63, 3.8) is 0 Å². The van der Waals surface area contributed by atoms with E-state index < -0.39 is 18.1 Å². The van der Waals surface area contributed by atoms with Crippen LogP contribution >= 0.6 is 34.8 Å². The molecule has 0 aromatic heterocycles. The summed E-state index contributed by atoms with van der Waals surface area (Å²) >= 11 is 17.6. The van der Waals surface area contributed by atoms with Crippen LogP contribution in [0.25, 0.3) is 6.08 Å². The number of carbonyl (C=O) groups is 2. The van der Waals surface area contributed by atoms with E-state index in [2.05, 4.69) is 10.6 Å². The first-order valence-electron chi connectivity index (χ1n) is 9.07. The first kappa shape index (κ1) is 25.0. The van der Waals surface area contributed by atoms with E-state index in [0.717, 1.165) is 18.2 Å². The predicted molar refractivity (Wildman–Crippen MR) is 117 cm³/mol. The molecule has 0 fully saturated rings. The second-order valence-electron chi connectivity index (χ2n) is 6.44. The molecule has 31 heavy (non-hydrogen) atoms. The Hall–Kier alpha value is -2.22. The molecule has 2 amide bonds. The first-order valence-corrected chi connectivity index (χ1v) is 10.2. The lowest BCUT2D eigenvalue weighted by molar-refractivity contribution is -0.139. The van der Waals surface area contributed by atoms with Crippen molar-refractivity contribution >= 4 is 52.7 Å². The van der Waals surface area contributed by atoms with Crippen molar-refractivity contribution in [1.29, 1.82) is 0 Å². The number of Topliss-reactive ketones (excluding diaryl/α,β-unsaturated/α-hetero) is 1. The fourth-order valence-electron chi connectivity index (χ4n) is 2.64. The van der Waals surface area contributed by atoms with Crippen molar-refractivity contribution in [3.05, 3.63) is 74.2 Å². The molecule has 1 atom stereocenters. The molecule has 4 nitrogen and oxygen atoms in total. The molecule has 2 N–H and O–H groups in total. The summed E-state index contributed by atoms with van der Waals surface area (Å²) in [5.41, 5.74) is 0.623. The number of urea groups is 1. The molecule has 0 saturated heterocycles. The van der Waals surface area contributed by atoms with Crippen LogP contribution in [0.3, 0.4) is 0 Å². The van der Waals surface area contributed by atoms with E-state index in [-0.39, 0.29) is 33.0 Å². The van der Waals surface area contributed by atoms with Gasteiger partial charge >= 0.3 is 12.2 Å². The molecule has 0 bridgehead atoms. The van der Waals surface area contributed by atoms with Crippen molar-refractivity contribution < 1.29 is 22.8 Å². The van der Waals surface area contributed by atoms with Crippen LogP contribution in [0.5, 0.6) is 0 Å². The monoisotopic (exact) mass is 492 g/mol. The van der Waals surface area contributed by atoms with Crippen LogP contribution in [0.15, 0.2) is 42.5 Å². The smallest absolute Gasteiger partial charge is 0.338 e. The fraction of sp³-hybridized carbons (Fsp3) is 0.238. The van der Waals surface area contributed by atoms with Crippen LogP contribution in [0.2, 0.25) is 15.1 Å². The SMILES string of the molecule is CCNC(=O)NCC(=O)c1ccc(/C=C/C(c2cc(Cl)c(Cl)c(Cl)c2)C(F)(F)F)cc1. The third kappa shape index (κ3) is 7.16. The number of amides is 2. The zero-order chi connectivity index (χ0) is 23.2. The van der Waals surface area contributed by atoms with Gasteiger partial charge in [-0.1, -0.05) is 71.2 Å². The van der Waals surface area contributed by atoms with Gasteiger partial charge in [0.2, 0.25) is 0 Å². The number of hydrogen-bond acceptors (Lipinski definition) is 2. The third-order valence-corrected chi connectivity index (χ3v) is 5.38. The van der Waals surface area contributed by atoms with Gasteiger partial charge in [0.15, 0.2) is 5.78 Å². The number of benzene rings is 2. The second kappa shape index (κ2) is 10.9. The van der Waals surface area contributed by atoms with Crippen molar-refractivity contribution in [2.45, 2.75) is 19.0 Å². The highest BCUT2D eigenvalue weighted by Crippen LogP contribution is 2.41. The van der Waals surface area contributed by atoms with Crippen LogP contribution in [0.1, 0.15) is 34.3 Å². The highest BCUT2D eigenvalue weighted by Gasteiger charge is 2.39. The van der Waals surface area contributed by atoms with E-state index in [1.54, 1.807) is 6.92 Å². The van der Waals surface area contributed by atoms with Crippen molar-refractivity contribution in [2.24, 2.45) is 0 Å². The van der Waals surface area contributed by atoms with Gasteiger partial charge < -0.3 is 10.6 Å². The van der Waals surface area contributed by atoms with Gasteiger partial charge in [0.05, 0.1) is 27.5 Å². The average Bonchev–Trinajstić information content (AvgIpc) is 2.70. The normalized spacial score (nSPS) is 12.6. The fourth-order valence-corrected chi connectivity index (χ4v) is 3.25. The molecule has 2 aromatic carbocycles. The summed E-state index contributed by atoms with van der Waals surface area (Å²) in [5, 5.41) is 4.75. The van der Waals surface area contributed by atoms with E-state index >= 15 is 0 Å². The Morgan fingerprint density at radius 3 is 2.13 bits per heavy atom. The predicted octanol–water partition coefficient (Wildman–Crippen LogP) is 6.51. The van der Waals surface area contributed by atoms with Gasteiger partial charge in [-0.15, -0.1) is 0 Å². The van der Waals surface area contributed by atoms with Gasteiger partial charge in [-0.25, -0.2) is 4.79 Å². The minimum absolute atomic E-state index is 0.0149. The summed E-state index contributed by atoms with van der Waals surface area (Å²) in [4.78, 5) is 23.4. The van der Waals surface area contributed by atoms with Gasteiger partial charge in [0, 0.05) is 12.1 Å². The lowest BCUT2D eigenvalue weighted by Crippen LogP contribution is -2.38. The highest BCUT2D eigenvalue weighted by atomic mass is 35.5. The molecule has 0 saturated carbocycles. The Bertz CT molecular complexity index is 954. The molecule has 0 spiro atoms. The molecule has 166 valence electrons. The van der Waals surface area contributed by atoms with Gasteiger partial charge in [-0.3, -0.25) is 4.79 Å². The minimum Gasteiger partial charge on any atom is -0.338 e. The number of rotatable bonds is 7. The maximum atomic E-state index is 13.6. The van der Waals surface area contributed by atoms with E-state index in [0.29, 0.717) is 17.7 Å². The highest BCUT2D eigenvalue weighted by molar-refractivity contribution is 6.48. The van der Waals surface area contributed by atoms with Crippen molar-refractivity contribution in [3.8, 4) is 0 Å². The molecule has 0 heterocycles. The van der Waals surface area contributed by atoms with E-state index in [1.807, 2.05) is 0 Å². The average molecular weight is 494 g/mol. The Kier molecular flexibility index (Phi) is 8.79. The molecule has 2 rings (SSSR count). The zero-order valence-corrected chi connectivity index (χ0v) is 18.5. The van der Waals surface area contributed by atoms with Gasteiger partial charge in [0.1, 0.15) is 0 Å². The Labute approximate surface area is 192 Å². The molecule has 0 aliphatic heterocycles. The zero-order valence-electron chi connectivity index (χ0n) is 16.2. The molecule has 0 aliphatic carbocycles. The number of alkyl halides is 3. The van der Waals surface area contributed by atoms with Crippen molar-refractivity contribution in [2.75, 3.05) is 13.1 Å². The summed E-state index contributed by atoms with van der Waals surface area (Å²) in [7, 11) is 0. The molecule has 2 aromatic rings. The minimum atomic E-state index is -4.59. The van der Waals surface area contributed by atoms with Gasteiger partial charge in [-0.2, -0.15) is 13.2 Å². The second-order valence-corrected chi connectivity index (χ2v) is 7.63. The summed E-state index contributed by atoms with van der Waals surface area (Å²) < 4.78 is 40.8. The number of nitrogens with one attached hydrogen (secondary N) is 2. The Morgan fingerprint density at radius 2 is 1.61 bits per heavy atom. The lowest BCUT2D eigenvalue weighted by Gasteiger charge is -2.18. The summed E-state index contributed by atoms with van der Waals surface area (Å²) in [6.45, 7) is 1.97. The molecule has 1 unspecified atom stereocenters. The van der Waals surface area contributed by atoms with Crippen molar-refractivity contribution in [1.82, 2.24) is 10.6 Å². The number of ketones is 1. The Balaban J connectivity index is 2.16. The third-order valence-electron chi connectivity index (χ3n) is 4.18. The number of allylic oxidation sites excluding steroid dienone is 1. The van der Waals surface area contributed by atoms with Crippen LogP contribution in [0.4, 0.5) is 18.0 Å². The lowest BCUT2D eigenvalue weighted by atomic mass is 9.97. The quantitative estimate of drug-likeness (QED) is 0.341. The van der Waals surface area contributed by atoms with Crippen LogP contribution < -0.4 is 10.6 Å². The molecular weight excluding hydrogens is 476 g/mol. The topological polar surface area (TPSA) is 58.2 Å². The summed E-state index contributed by atoms with van der Waals surface area (Å²) in [5.74, 6) is -2.29. The largest absolute Gasteiger partial charge is 0.399 e. The van der Waals surface area contributed by atoms with E-state index in [1.165, 1.54) is 30.3 Å². The molecular formula is C21H18Cl3F3N2O2. The van der Waals surface area contributed by atoms with Gasteiger partial charge in [-0.05, 0) is 30.2 Å².